The minimum absolute atomic E-state index is 0.761. The van der Waals surface area contributed by atoms with E-state index in [1.807, 2.05) is 30.6 Å². The van der Waals surface area contributed by atoms with E-state index in [-0.39, 0.29) is 0 Å². The molecule has 5 nitrogen and oxygen atoms in total. The van der Waals surface area contributed by atoms with Gasteiger partial charge in [-0.1, -0.05) is 66.7 Å². The Labute approximate surface area is 256 Å². The van der Waals surface area contributed by atoms with Crippen molar-refractivity contribution in [2.24, 2.45) is 0 Å². The van der Waals surface area contributed by atoms with Crippen LogP contribution < -0.4 is 4.90 Å². The van der Waals surface area contributed by atoms with Crippen molar-refractivity contribution in [2.45, 2.75) is 0 Å². The molecule has 0 aliphatic rings. The minimum atomic E-state index is 0.761. The van der Waals surface area contributed by atoms with Crippen LogP contribution in [0.3, 0.4) is 0 Å². The fraction of sp³-hybridized carbons (Fsp3) is 0. The fourth-order valence-corrected chi connectivity index (χ4v) is 6.96. The highest BCUT2D eigenvalue weighted by Crippen LogP contribution is 2.47. The molecule has 0 aliphatic carbocycles. The third-order valence-electron chi connectivity index (χ3n) is 8.97. The Morgan fingerprint density at radius 2 is 1.29 bits per heavy atom. The summed E-state index contributed by atoms with van der Waals surface area (Å²) in [6.45, 7) is 0. The topological polar surface area (TPSA) is 55.3 Å². The number of pyridine rings is 2. The van der Waals surface area contributed by atoms with Gasteiger partial charge in [0, 0.05) is 45.8 Å². The number of para-hydroxylation sites is 1. The summed E-state index contributed by atoms with van der Waals surface area (Å²) in [5, 5.41) is 10.2. The first-order chi connectivity index (χ1) is 22.3. The highest BCUT2D eigenvalue weighted by atomic mass is 16.3. The molecule has 0 atom stereocenters. The third-order valence-corrected chi connectivity index (χ3v) is 8.97. The molecule has 0 radical (unpaired) electrons. The lowest BCUT2D eigenvalue weighted by atomic mass is 9.95. The molecule has 4 aromatic heterocycles. The molecule has 0 unspecified atom stereocenters. The van der Waals surface area contributed by atoms with Crippen molar-refractivity contribution in [2.75, 3.05) is 4.90 Å². The zero-order valence-corrected chi connectivity index (χ0v) is 23.9. The van der Waals surface area contributed by atoms with Crippen molar-refractivity contribution < 1.29 is 8.83 Å². The molecule has 45 heavy (non-hydrogen) atoms. The van der Waals surface area contributed by atoms with Crippen LogP contribution in [-0.4, -0.2) is 9.97 Å². The van der Waals surface area contributed by atoms with Crippen LogP contribution in [0.1, 0.15) is 0 Å². The third kappa shape index (κ3) is 3.49. The Morgan fingerprint density at radius 3 is 2.24 bits per heavy atom. The molecule has 10 aromatic rings. The average molecular weight is 578 g/mol. The van der Waals surface area contributed by atoms with E-state index < -0.39 is 0 Å². The molecule has 0 N–H and O–H groups in total. The van der Waals surface area contributed by atoms with Crippen LogP contribution in [0.4, 0.5) is 17.1 Å². The van der Waals surface area contributed by atoms with E-state index >= 15 is 0 Å². The SMILES string of the molecule is c1ccc2c(c1)ccc1c3ccccc3c(N(c3ccc4oc5ccncc5c4c3)c3cccc4c3oc3cccnc34)cc21. The van der Waals surface area contributed by atoms with Crippen LogP contribution >= 0.6 is 0 Å². The van der Waals surface area contributed by atoms with E-state index in [4.69, 9.17) is 8.83 Å². The van der Waals surface area contributed by atoms with Crippen LogP contribution in [-0.2, 0) is 0 Å². The highest BCUT2D eigenvalue weighted by molar-refractivity contribution is 6.22. The summed E-state index contributed by atoms with van der Waals surface area (Å²) in [7, 11) is 0. The number of nitrogens with zero attached hydrogens (tertiary/aromatic N) is 3. The normalized spacial score (nSPS) is 12.0. The summed E-state index contributed by atoms with van der Waals surface area (Å²) in [5.74, 6) is 0. The molecule has 0 fully saturated rings. The molecule has 0 bridgehead atoms. The lowest BCUT2D eigenvalue weighted by Gasteiger charge is -2.28. The van der Waals surface area contributed by atoms with E-state index in [1.165, 1.54) is 26.9 Å². The van der Waals surface area contributed by atoms with Gasteiger partial charge in [0.1, 0.15) is 16.7 Å². The summed E-state index contributed by atoms with van der Waals surface area (Å²) < 4.78 is 12.8. The van der Waals surface area contributed by atoms with Gasteiger partial charge in [-0.05, 0) is 81.5 Å². The van der Waals surface area contributed by atoms with Crippen molar-refractivity contribution in [3.8, 4) is 0 Å². The minimum Gasteiger partial charge on any atom is -0.456 e. The molecule has 5 heteroatoms. The van der Waals surface area contributed by atoms with Crippen LogP contribution in [0.5, 0.6) is 0 Å². The summed E-state index contributed by atoms with van der Waals surface area (Å²) in [5.41, 5.74) is 7.01. The predicted octanol–water partition coefficient (Wildman–Crippen LogP) is 11.2. The van der Waals surface area contributed by atoms with Crippen molar-refractivity contribution in [1.29, 1.82) is 0 Å². The first-order valence-corrected chi connectivity index (χ1v) is 15.0. The van der Waals surface area contributed by atoms with Crippen molar-refractivity contribution in [3.05, 3.63) is 140 Å². The molecule has 0 spiro atoms. The first-order valence-electron chi connectivity index (χ1n) is 15.0. The first kappa shape index (κ1) is 24.3. The van der Waals surface area contributed by atoms with Crippen LogP contribution in [0.2, 0.25) is 0 Å². The lowest BCUT2D eigenvalue weighted by Crippen LogP contribution is -2.11. The van der Waals surface area contributed by atoms with Gasteiger partial charge in [0.25, 0.3) is 0 Å². The molecule has 10 rings (SSSR count). The van der Waals surface area contributed by atoms with Gasteiger partial charge in [0.05, 0.1) is 11.4 Å². The van der Waals surface area contributed by atoms with Crippen LogP contribution in [0.25, 0.3) is 76.3 Å². The van der Waals surface area contributed by atoms with Crippen molar-refractivity contribution >= 4 is 93.4 Å². The molecular weight excluding hydrogens is 554 g/mol. The molecule has 0 saturated heterocycles. The van der Waals surface area contributed by atoms with Gasteiger partial charge in [-0.2, -0.15) is 0 Å². The second-order valence-corrected chi connectivity index (χ2v) is 11.4. The lowest BCUT2D eigenvalue weighted by molar-refractivity contribution is 0.668. The maximum absolute atomic E-state index is 6.59. The summed E-state index contributed by atoms with van der Waals surface area (Å²) in [6.07, 6.45) is 5.45. The zero-order chi connectivity index (χ0) is 29.5. The summed E-state index contributed by atoms with van der Waals surface area (Å²) in [6, 6.07) is 42.5. The fourth-order valence-electron chi connectivity index (χ4n) is 6.96. The van der Waals surface area contributed by atoms with E-state index in [0.717, 1.165) is 66.5 Å². The van der Waals surface area contributed by atoms with Gasteiger partial charge in [-0.15, -0.1) is 0 Å². The largest absolute Gasteiger partial charge is 0.456 e. The van der Waals surface area contributed by atoms with Gasteiger partial charge < -0.3 is 13.7 Å². The monoisotopic (exact) mass is 577 g/mol. The standard InChI is InChI=1S/C40H23N3O2/c1-2-8-26-24(7-1)14-16-28-27-9-3-4-10-29(27)35(22-31(26)28)43(25-15-17-36-32(21-25)33-23-41-20-18-37(33)44-36)34-12-5-11-30-39-38(45-40(30)34)13-6-19-42-39/h1-23H. The summed E-state index contributed by atoms with van der Waals surface area (Å²) in [4.78, 5) is 11.4. The quantitative estimate of drug-likeness (QED) is 0.196. The molecule has 0 saturated carbocycles. The van der Waals surface area contributed by atoms with Crippen molar-refractivity contribution in [3.63, 3.8) is 0 Å². The molecule has 0 aliphatic heterocycles. The second kappa shape index (κ2) is 9.15. The number of aromatic nitrogens is 2. The van der Waals surface area contributed by atoms with E-state index in [9.17, 15) is 0 Å². The zero-order valence-electron chi connectivity index (χ0n) is 23.9. The molecule has 6 aromatic carbocycles. The smallest absolute Gasteiger partial charge is 0.161 e. The number of fused-ring (bicyclic) bond motifs is 11. The Bertz CT molecular complexity index is 2790. The second-order valence-electron chi connectivity index (χ2n) is 11.4. The van der Waals surface area contributed by atoms with Crippen LogP contribution in [0, 0.1) is 0 Å². The molecule has 210 valence electrons. The maximum atomic E-state index is 6.59. The van der Waals surface area contributed by atoms with Gasteiger partial charge >= 0.3 is 0 Å². The molecular formula is C40H23N3O2. The highest BCUT2D eigenvalue weighted by Gasteiger charge is 2.23. The number of hydrogen-bond donors (Lipinski definition) is 0. The number of furan rings is 2. The number of anilines is 3. The van der Waals surface area contributed by atoms with Gasteiger partial charge in [-0.25, -0.2) is 0 Å². The van der Waals surface area contributed by atoms with Crippen molar-refractivity contribution in [1.82, 2.24) is 9.97 Å². The Kier molecular flexibility index (Phi) is 4.93. The molecule has 4 heterocycles. The maximum Gasteiger partial charge on any atom is 0.161 e. The average Bonchev–Trinajstić information content (AvgIpc) is 3.67. The van der Waals surface area contributed by atoms with Gasteiger partial charge in [0.15, 0.2) is 11.2 Å². The van der Waals surface area contributed by atoms with Gasteiger partial charge in [0.2, 0.25) is 0 Å². The van der Waals surface area contributed by atoms with E-state index in [2.05, 4.69) is 118 Å². The Hall–Kier alpha value is -6.20. The number of rotatable bonds is 3. The number of hydrogen-bond acceptors (Lipinski definition) is 5. The van der Waals surface area contributed by atoms with Gasteiger partial charge in [-0.3, -0.25) is 9.97 Å². The van der Waals surface area contributed by atoms with E-state index in [1.54, 1.807) is 6.20 Å². The predicted molar refractivity (Wildman–Crippen MR) is 184 cm³/mol. The van der Waals surface area contributed by atoms with Crippen LogP contribution in [0.15, 0.2) is 149 Å². The Morgan fingerprint density at radius 1 is 0.467 bits per heavy atom. The number of benzene rings is 6. The Balaban J connectivity index is 1.36. The van der Waals surface area contributed by atoms with E-state index in [0.29, 0.717) is 0 Å². The summed E-state index contributed by atoms with van der Waals surface area (Å²) >= 11 is 0. The molecule has 0 amide bonds.